The molecule has 0 aromatic heterocycles. The van der Waals surface area contributed by atoms with Gasteiger partial charge in [-0.1, -0.05) is 12.2 Å². The van der Waals surface area contributed by atoms with Crippen LogP contribution in [0.25, 0.3) is 0 Å². The molecule has 0 saturated heterocycles. The fourth-order valence-electron chi connectivity index (χ4n) is 2.26. The van der Waals surface area contributed by atoms with Crippen molar-refractivity contribution < 1.29 is 24.2 Å². The molecule has 1 saturated carbocycles. The van der Waals surface area contributed by atoms with Gasteiger partial charge in [0.25, 0.3) is 0 Å². The van der Waals surface area contributed by atoms with Crippen molar-refractivity contribution in [3.8, 4) is 11.8 Å². The normalized spacial score (nSPS) is 20.6. The molecule has 0 aromatic carbocycles. The SMILES string of the molecule is CC#CCC(C/C=C/C1CC1CO)(C(=O)OC)C(=O)OC. The fraction of sp³-hybridized carbons (Fsp3) is 0.625. The maximum atomic E-state index is 12.1. The van der Waals surface area contributed by atoms with Crippen LogP contribution in [-0.2, 0) is 19.1 Å². The molecule has 2 atom stereocenters. The smallest absolute Gasteiger partial charge is 0.324 e. The van der Waals surface area contributed by atoms with E-state index in [9.17, 15) is 9.59 Å². The number of carbonyl (C=O) groups is 2. The molecule has 1 aliphatic rings. The third-order valence-corrected chi connectivity index (χ3v) is 3.78. The van der Waals surface area contributed by atoms with Gasteiger partial charge in [-0.05, 0) is 31.6 Å². The van der Waals surface area contributed by atoms with E-state index >= 15 is 0 Å². The van der Waals surface area contributed by atoms with Crippen LogP contribution in [0, 0.1) is 29.1 Å². The molecule has 0 amide bonds. The van der Waals surface area contributed by atoms with Gasteiger partial charge >= 0.3 is 11.9 Å². The summed E-state index contributed by atoms with van der Waals surface area (Å²) in [7, 11) is 2.48. The minimum Gasteiger partial charge on any atom is -0.468 e. The minimum atomic E-state index is -1.42. The van der Waals surface area contributed by atoms with Crippen LogP contribution in [0.5, 0.6) is 0 Å². The zero-order chi connectivity index (χ0) is 15.9. The van der Waals surface area contributed by atoms with Crippen LogP contribution in [0.15, 0.2) is 12.2 Å². The summed E-state index contributed by atoms with van der Waals surface area (Å²) in [6, 6.07) is 0. The predicted molar refractivity (Wildman–Crippen MR) is 77.0 cm³/mol. The van der Waals surface area contributed by atoms with Crippen molar-refractivity contribution >= 4 is 11.9 Å². The predicted octanol–water partition coefficient (Wildman–Crippen LogP) is 1.31. The largest absolute Gasteiger partial charge is 0.468 e. The Labute approximate surface area is 125 Å². The first-order valence-corrected chi connectivity index (χ1v) is 6.89. The van der Waals surface area contributed by atoms with E-state index in [0.29, 0.717) is 11.8 Å². The molecule has 2 unspecified atom stereocenters. The Hall–Kier alpha value is -1.80. The number of aliphatic hydroxyl groups excluding tert-OH is 1. The molecule has 1 N–H and O–H groups in total. The van der Waals surface area contributed by atoms with Crippen LogP contribution < -0.4 is 0 Å². The number of aliphatic hydroxyl groups is 1. The first-order valence-electron chi connectivity index (χ1n) is 6.89. The Bertz CT molecular complexity index is 453. The Morgan fingerprint density at radius 2 is 1.95 bits per heavy atom. The molecule has 1 fully saturated rings. The van der Waals surface area contributed by atoms with E-state index in [1.807, 2.05) is 6.08 Å². The van der Waals surface area contributed by atoms with Crippen molar-refractivity contribution in [1.29, 1.82) is 0 Å². The summed E-state index contributed by atoms with van der Waals surface area (Å²) in [5.41, 5.74) is -1.42. The van der Waals surface area contributed by atoms with E-state index in [0.717, 1.165) is 6.42 Å². The van der Waals surface area contributed by atoms with Gasteiger partial charge in [-0.25, -0.2) is 0 Å². The lowest BCUT2D eigenvalue weighted by molar-refractivity contribution is -0.168. The van der Waals surface area contributed by atoms with Crippen LogP contribution >= 0.6 is 0 Å². The number of esters is 2. The molecule has 0 radical (unpaired) electrons. The van der Waals surface area contributed by atoms with Gasteiger partial charge in [-0.3, -0.25) is 9.59 Å². The molecule has 21 heavy (non-hydrogen) atoms. The molecule has 0 aromatic rings. The van der Waals surface area contributed by atoms with E-state index < -0.39 is 17.4 Å². The monoisotopic (exact) mass is 294 g/mol. The summed E-state index contributed by atoms with van der Waals surface area (Å²) in [5.74, 6) is 4.78. The lowest BCUT2D eigenvalue weighted by Crippen LogP contribution is -2.40. The third kappa shape index (κ3) is 4.08. The second-order valence-electron chi connectivity index (χ2n) is 5.14. The zero-order valence-corrected chi connectivity index (χ0v) is 12.7. The van der Waals surface area contributed by atoms with Gasteiger partial charge < -0.3 is 14.6 Å². The molecule has 0 heterocycles. The highest BCUT2D eigenvalue weighted by molar-refractivity contribution is 6.00. The van der Waals surface area contributed by atoms with Gasteiger partial charge in [0.15, 0.2) is 5.41 Å². The molecule has 5 nitrogen and oxygen atoms in total. The number of rotatable bonds is 7. The number of methoxy groups -OCH3 is 2. The van der Waals surface area contributed by atoms with Crippen molar-refractivity contribution in [1.82, 2.24) is 0 Å². The van der Waals surface area contributed by atoms with E-state index in [4.69, 9.17) is 14.6 Å². The summed E-state index contributed by atoms with van der Waals surface area (Å²) in [6.07, 6.45) is 4.88. The van der Waals surface area contributed by atoms with Crippen LogP contribution in [0.1, 0.15) is 26.2 Å². The third-order valence-electron chi connectivity index (χ3n) is 3.78. The first kappa shape index (κ1) is 17.3. The van der Waals surface area contributed by atoms with Crippen molar-refractivity contribution in [2.75, 3.05) is 20.8 Å². The molecule has 0 aliphatic heterocycles. The molecular formula is C16H22O5. The molecule has 5 heteroatoms. The number of hydrogen-bond acceptors (Lipinski definition) is 5. The van der Waals surface area contributed by atoms with E-state index in [2.05, 4.69) is 11.8 Å². The molecule has 1 aliphatic carbocycles. The zero-order valence-electron chi connectivity index (χ0n) is 12.7. The Kier molecular flexibility index (Phi) is 6.44. The van der Waals surface area contributed by atoms with Gasteiger partial charge in [0.2, 0.25) is 0 Å². The van der Waals surface area contributed by atoms with E-state index in [-0.39, 0.29) is 19.4 Å². The molecule has 0 bridgehead atoms. The lowest BCUT2D eigenvalue weighted by atomic mass is 9.81. The summed E-state index contributed by atoms with van der Waals surface area (Å²) < 4.78 is 9.54. The highest BCUT2D eigenvalue weighted by Crippen LogP contribution is 2.40. The van der Waals surface area contributed by atoms with Gasteiger partial charge in [0.1, 0.15) is 0 Å². The van der Waals surface area contributed by atoms with Gasteiger partial charge in [-0.2, -0.15) is 0 Å². The van der Waals surface area contributed by atoms with Gasteiger partial charge in [-0.15, -0.1) is 11.8 Å². The average Bonchev–Trinajstić information content (AvgIpc) is 3.27. The van der Waals surface area contributed by atoms with E-state index in [1.54, 1.807) is 13.0 Å². The average molecular weight is 294 g/mol. The van der Waals surface area contributed by atoms with Crippen LogP contribution in [0.3, 0.4) is 0 Å². The highest BCUT2D eigenvalue weighted by atomic mass is 16.5. The summed E-state index contributed by atoms with van der Waals surface area (Å²) in [4.78, 5) is 24.2. The molecule has 1 rings (SSSR count). The summed E-state index contributed by atoms with van der Waals surface area (Å²) in [5, 5.41) is 9.00. The molecular weight excluding hydrogens is 272 g/mol. The minimum absolute atomic E-state index is 0.0568. The van der Waals surface area contributed by atoms with Crippen LogP contribution in [0.4, 0.5) is 0 Å². The van der Waals surface area contributed by atoms with Crippen LogP contribution in [0.2, 0.25) is 0 Å². The Morgan fingerprint density at radius 1 is 1.33 bits per heavy atom. The summed E-state index contributed by atoms with van der Waals surface area (Å²) >= 11 is 0. The standard InChI is InChI=1S/C16H22O5/c1-4-5-8-16(14(18)20-2,15(19)21-3)9-6-7-12-10-13(12)11-17/h6-7,12-13,17H,8-11H2,1-3H3/b7-6+. The number of carbonyl (C=O) groups excluding carboxylic acids is 2. The van der Waals surface area contributed by atoms with Gasteiger partial charge in [0, 0.05) is 13.0 Å². The Morgan fingerprint density at radius 3 is 2.38 bits per heavy atom. The second-order valence-corrected chi connectivity index (χ2v) is 5.14. The molecule has 0 spiro atoms. The van der Waals surface area contributed by atoms with Crippen molar-refractivity contribution in [2.24, 2.45) is 17.3 Å². The van der Waals surface area contributed by atoms with E-state index in [1.165, 1.54) is 14.2 Å². The lowest BCUT2D eigenvalue weighted by Gasteiger charge is -2.24. The number of allylic oxidation sites excluding steroid dienone is 2. The quantitative estimate of drug-likeness (QED) is 0.332. The fourth-order valence-corrected chi connectivity index (χ4v) is 2.26. The second kappa shape index (κ2) is 7.84. The maximum Gasteiger partial charge on any atom is 0.324 e. The van der Waals surface area contributed by atoms with Crippen molar-refractivity contribution in [3.05, 3.63) is 12.2 Å². The number of hydrogen-bond donors (Lipinski definition) is 1. The maximum absolute atomic E-state index is 12.1. The molecule has 116 valence electrons. The Balaban J connectivity index is 2.89. The topological polar surface area (TPSA) is 72.8 Å². The highest BCUT2D eigenvalue weighted by Gasteiger charge is 2.47. The van der Waals surface area contributed by atoms with Crippen molar-refractivity contribution in [2.45, 2.75) is 26.2 Å². The van der Waals surface area contributed by atoms with Crippen molar-refractivity contribution in [3.63, 3.8) is 0 Å². The van der Waals surface area contributed by atoms with Crippen LogP contribution in [-0.4, -0.2) is 37.9 Å². The first-order chi connectivity index (χ1) is 10.1. The van der Waals surface area contributed by atoms with Gasteiger partial charge in [0.05, 0.1) is 14.2 Å². The number of ether oxygens (including phenoxy) is 2. The summed E-state index contributed by atoms with van der Waals surface area (Å²) in [6.45, 7) is 1.81.